The van der Waals surface area contributed by atoms with Crippen molar-refractivity contribution in [2.45, 2.75) is 6.42 Å². The van der Waals surface area contributed by atoms with E-state index in [1.807, 2.05) is 0 Å². The van der Waals surface area contributed by atoms with E-state index in [0.717, 1.165) is 0 Å². The van der Waals surface area contributed by atoms with E-state index in [9.17, 15) is 4.79 Å². The van der Waals surface area contributed by atoms with Crippen molar-refractivity contribution in [2.24, 2.45) is 0 Å². The molecule has 0 aliphatic heterocycles. The molecule has 5 nitrogen and oxygen atoms in total. The summed E-state index contributed by atoms with van der Waals surface area (Å²) in [6.45, 7) is 0.595. The molecule has 0 aromatic carbocycles. The third-order valence-corrected chi connectivity index (χ3v) is 1.45. The first-order valence-electron chi connectivity index (χ1n) is 3.96. The van der Waals surface area contributed by atoms with Crippen LogP contribution in [-0.4, -0.2) is 27.6 Å². The normalized spacial score (nSPS) is 9.07. The SMILES string of the molecule is C#CCCNc1cnc(C(=O)O)cn1. The number of hydrogen-bond acceptors (Lipinski definition) is 4. The summed E-state index contributed by atoms with van der Waals surface area (Å²) < 4.78 is 0. The Kier molecular flexibility index (Phi) is 3.44. The summed E-state index contributed by atoms with van der Waals surface area (Å²) in [6.07, 6.45) is 8.19. The average Bonchev–Trinajstić information content (AvgIpc) is 2.19. The van der Waals surface area contributed by atoms with Gasteiger partial charge in [-0.2, -0.15) is 0 Å². The molecule has 14 heavy (non-hydrogen) atoms. The van der Waals surface area contributed by atoms with Gasteiger partial charge < -0.3 is 10.4 Å². The lowest BCUT2D eigenvalue weighted by atomic mass is 10.4. The number of aromatic carboxylic acids is 1. The van der Waals surface area contributed by atoms with Crippen molar-refractivity contribution in [1.82, 2.24) is 9.97 Å². The van der Waals surface area contributed by atoms with Crippen LogP contribution in [0, 0.1) is 12.3 Å². The van der Waals surface area contributed by atoms with Gasteiger partial charge in [0.05, 0.1) is 12.4 Å². The van der Waals surface area contributed by atoms with Crippen LogP contribution >= 0.6 is 0 Å². The third-order valence-electron chi connectivity index (χ3n) is 1.45. The number of carbonyl (C=O) groups is 1. The van der Waals surface area contributed by atoms with E-state index in [1.165, 1.54) is 12.4 Å². The van der Waals surface area contributed by atoms with Gasteiger partial charge in [-0.05, 0) is 0 Å². The maximum absolute atomic E-state index is 10.4. The highest BCUT2D eigenvalue weighted by Crippen LogP contribution is 2.00. The number of nitrogens with zero attached hydrogens (tertiary/aromatic N) is 2. The Hall–Kier alpha value is -2.09. The molecule has 0 amide bonds. The smallest absolute Gasteiger partial charge is 0.356 e. The van der Waals surface area contributed by atoms with E-state index >= 15 is 0 Å². The predicted molar refractivity (Wildman–Crippen MR) is 50.9 cm³/mol. The Morgan fingerprint density at radius 1 is 1.57 bits per heavy atom. The second-order valence-electron chi connectivity index (χ2n) is 2.47. The summed E-state index contributed by atoms with van der Waals surface area (Å²) in [5, 5.41) is 11.4. The molecule has 0 saturated heterocycles. The standard InChI is InChI=1S/C9H9N3O2/c1-2-3-4-10-8-6-11-7(5-12-8)9(13)14/h1,5-6H,3-4H2,(H,10,12)(H,13,14). The number of hydrogen-bond donors (Lipinski definition) is 2. The van der Waals surface area contributed by atoms with Crippen LogP contribution in [-0.2, 0) is 0 Å². The van der Waals surface area contributed by atoms with E-state index in [1.54, 1.807) is 0 Å². The van der Waals surface area contributed by atoms with Crippen LogP contribution in [0.4, 0.5) is 5.82 Å². The second kappa shape index (κ2) is 4.82. The molecule has 72 valence electrons. The van der Waals surface area contributed by atoms with Gasteiger partial charge in [-0.25, -0.2) is 14.8 Å². The van der Waals surface area contributed by atoms with Gasteiger partial charge in [-0.1, -0.05) is 0 Å². The monoisotopic (exact) mass is 191 g/mol. The number of terminal acetylenes is 1. The molecule has 0 radical (unpaired) electrons. The van der Waals surface area contributed by atoms with Crippen LogP contribution in [0.15, 0.2) is 12.4 Å². The van der Waals surface area contributed by atoms with Gasteiger partial charge in [0.25, 0.3) is 0 Å². The summed E-state index contributed by atoms with van der Waals surface area (Å²) >= 11 is 0. The highest BCUT2D eigenvalue weighted by atomic mass is 16.4. The summed E-state index contributed by atoms with van der Waals surface area (Å²) in [7, 11) is 0. The maximum atomic E-state index is 10.4. The zero-order chi connectivity index (χ0) is 10.4. The minimum absolute atomic E-state index is 0.0764. The van der Waals surface area contributed by atoms with Gasteiger partial charge in [-0.3, -0.25) is 0 Å². The Balaban J connectivity index is 2.56. The van der Waals surface area contributed by atoms with Gasteiger partial charge in [0.1, 0.15) is 5.82 Å². The van der Waals surface area contributed by atoms with E-state index in [-0.39, 0.29) is 5.69 Å². The minimum atomic E-state index is -1.09. The molecule has 0 aliphatic rings. The van der Waals surface area contributed by atoms with Crippen molar-refractivity contribution in [3.63, 3.8) is 0 Å². The van der Waals surface area contributed by atoms with Crippen molar-refractivity contribution < 1.29 is 9.90 Å². The number of anilines is 1. The first kappa shape index (κ1) is 9.99. The van der Waals surface area contributed by atoms with Crippen LogP contribution in [0.3, 0.4) is 0 Å². The van der Waals surface area contributed by atoms with E-state index in [4.69, 9.17) is 11.5 Å². The molecular formula is C9H9N3O2. The van der Waals surface area contributed by atoms with Crippen LogP contribution in [0.25, 0.3) is 0 Å². The number of rotatable bonds is 4. The van der Waals surface area contributed by atoms with Crippen molar-refractivity contribution in [2.75, 3.05) is 11.9 Å². The highest BCUT2D eigenvalue weighted by molar-refractivity contribution is 5.84. The van der Waals surface area contributed by atoms with Gasteiger partial charge in [0, 0.05) is 13.0 Å². The first-order chi connectivity index (χ1) is 6.74. The molecule has 1 heterocycles. The Morgan fingerprint density at radius 2 is 2.36 bits per heavy atom. The molecule has 0 unspecified atom stereocenters. The van der Waals surface area contributed by atoms with Crippen LogP contribution in [0.2, 0.25) is 0 Å². The Morgan fingerprint density at radius 3 is 2.86 bits per heavy atom. The summed E-state index contributed by atoms with van der Waals surface area (Å²) in [5.41, 5.74) is -0.0764. The highest BCUT2D eigenvalue weighted by Gasteiger charge is 2.03. The Bertz CT molecular complexity index is 353. The fourth-order valence-corrected chi connectivity index (χ4v) is 0.793. The van der Waals surface area contributed by atoms with Gasteiger partial charge in [-0.15, -0.1) is 12.3 Å². The topological polar surface area (TPSA) is 75.1 Å². The lowest BCUT2D eigenvalue weighted by Gasteiger charge is -2.01. The molecule has 0 atom stereocenters. The molecule has 0 fully saturated rings. The van der Waals surface area contributed by atoms with Gasteiger partial charge in [0.2, 0.25) is 0 Å². The first-order valence-corrected chi connectivity index (χ1v) is 3.96. The number of carboxylic acids is 1. The lowest BCUT2D eigenvalue weighted by molar-refractivity contribution is 0.0690. The summed E-state index contributed by atoms with van der Waals surface area (Å²) in [4.78, 5) is 18.0. The van der Waals surface area contributed by atoms with Crippen molar-refractivity contribution in [1.29, 1.82) is 0 Å². The Labute approximate surface area is 81.2 Å². The molecule has 5 heteroatoms. The molecule has 1 aromatic heterocycles. The van der Waals surface area contributed by atoms with Crippen LogP contribution < -0.4 is 5.32 Å². The third kappa shape index (κ3) is 2.75. The lowest BCUT2D eigenvalue weighted by Crippen LogP contribution is -2.06. The van der Waals surface area contributed by atoms with Crippen molar-refractivity contribution >= 4 is 11.8 Å². The number of nitrogens with one attached hydrogen (secondary N) is 1. The molecule has 0 saturated carbocycles. The molecular weight excluding hydrogens is 182 g/mol. The minimum Gasteiger partial charge on any atom is -0.476 e. The molecule has 0 bridgehead atoms. The maximum Gasteiger partial charge on any atom is 0.356 e. The fourth-order valence-electron chi connectivity index (χ4n) is 0.793. The molecule has 0 spiro atoms. The van der Waals surface area contributed by atoms with E-state index < -0.39 is 5.97 Å². The zero-order valence-corrected chi connectivity index (χ0v) is 7.40. The second-order valence-corrected chi connectivity index (χ2v) is 2.47. The van der Waals surface area contributed by atoms with Crippen molar-refractivity contribution in [3.05, 3.63) is 18.1 Å². The number of carboxylic acid groups (broad SMARTS) is 1. The number of aromatic nitrogens is 2. The molecule has 0 aliphatic carbocycles. The van der Waals surface area contributed by atoms with E-state index in [0.29, 0.717) is 18.8 Å². The average molecular weight is 191 g/mol. The fraction of sp³-hybridized carbons (Fsp3) is 0.222. The zero-order valence-electron chi connectivity index (χ0n) is 7.40. The summed E-state index contributed by atoms with van der Waals surface area (Å²) in [5.74, 6) is 1.89. The molecule has 1 rings (SSSR count). The molecule has 2 N–H and O–H groups in total. The van der Waals surface area contributed by atoms with Crippen molar-refractivity contribution in [3.8, 4) is 12.3 Å². The molecule has 1 aromatic rings. The quantitative estimate of drug-likeness (QED) is 0.538. The largest absolute Gasteiger partial charge is 0.476 e. The van der Waals surface area contributed by atoms with Gasteiger partial charge >= 0.3 is 5.97 Å². The van der Waals surface area contributed by atoms with Crippen LogP contribution in [0.5, 0.6) is 0 Å². The van der Waals surface area contributed by atoms with E-state index in [2.05, 4.69) is 21.2 Å². The predicted octanol–water partition coefficient (Wildman–Crippen LogP) is 0.610. The summed E-state index contributed by atoms with van der Waals surface area (Å²) in [6, 6.07) is 0. The van der Waals surface area contributed by atoms with Crippen LogP contribution in [0.1, 0.15) is 16.9 Å². The van der Waals surface area contributed by atoms with Gasteiger partial charge in [0.15, 0.2) is 5.69 Å².